The van der Waals surface area contributed by atoms with E-state index in [1.54, 1.807) is 11.3 Å². The highest BCUT2D eigenvalue weighted by Crippen LogP contribution is 2.31. The second-order valence-electron chi connectivity index (χ2n) is 4.52. The summed E-state index contributed by atoms with van der Waals surface area (Å²) in [5, 5.41) is 10.3. The summed E-state index contributed by atoms with van der Waals surface area (Å²) in [6.07, 6.45) is 0.618. The summed E-state index contributed by atoms with van der Waals surface area (Å²) in [5.74, 6) is 0.576. The van der Waals surface area contributed by atoms with Crippen LogP contribution in [0, 0.1) is 0 Å². The van der Waals surface area contributed by atoms with Crippen molar-refractivity contribution in [2.75, 3.05) is 0 Å². The van der Waals surface area contributed by atoms with Gasteiger partial charge in [0.05, 0.1) is 3.79 Å². The summed E-state index contributed by atoms with van der Waals surface area (Å²) in [6, 6.07) is 12.2. The normalized spacial score (nSPS) is 14.4. The largest absolute Gasteiger partial charge is 0.383 e. The molecular weight excluding hydrogens is 308 g/mol. The van der Waals surface area contributed by atoms with Crippen molar-refractivity contribution >= 4 is 27.3 Å². The molecule has 1 aromatic heterocycles. The molecule has 2 atom stereocenters. The van der Waals surface area contributed by atoms with Gasteiger partial charge in [-0.3, -0.25) is 0 Å². The number of thiophene rings is 1. The fraction of sp³-hybridized carbons (Fsp3) is 0.333. The molecule has 96 valence electrons. The topological polar surface area (TPSA) is 20.2 Å². The maximum absolute atomic E-state index is 10.3. The number of benzene rings is 1. The molecule has 1 heterocycles. The van der Waals surface area contributed by atoms with E-state index in [1.807, 2.05) is 24.3 Å². The van der Waals surface area contributed by atoms with Crippen molar-refractivity contribution in [3.8, 4) is 0 Å². The molecule has 2 unspecified atom stereocenters. The first-order valence-electron chi connectivity index (χ1n) is 6.15. The molecule has 1 N–H and O–H groups in total. The van der Waals surface area contributed by atoms with Crippen LogP contribution in [-0.2, 0) is 0 Å². The summed E-state index contributed by atoms with van der Waals surface area (Å²) >= 11 is 4.99. The molecule has 0 bridgehead atoms. The second kappa shape index (κ2) is 6.00. The standard InChI is InChI=1S/C15H17BrOS/c1-3-10(2)11-4-6-12(7-5-11)15(17)13-8-9-14(16)18-13/h4-10,15,17H,3H2,1-2H3. The first-order chi connectivity index (χ1) is 8.61. The molecule has 18 heavy (non-hydrogen) atoms. The molecule has 3 heteroatoms. The molecule has 0 radical (unpaired) electrons. The molecule has 0 saturated carbocycles. The summed E-state index contributed by atoms with van der Waals surface area (Å²) < 4.78 is 1.05. The quantitative estimate of drug-likeness (QED) is 0.828. The fourth-order valence-electron chi connectivity index (χ4n) is 1.88. The van der Waals surface area contributed by atoms with E-state index in [-0.39, 0.29) is 0 Å². The van der Waals surface area contributed by atoms with Crippen LogP contribution >= 0.6 is 27.3 Å². The van der Waals surface area contributed by atoms with Crippen LogP contribution < -0.4 is 0 Å². The third-order valence-electron chi connectivity index (χ3n) is 3.30. The second-order valence-corrected chi connectivity index (χ2v) is 7.01. The van der Waals surface area contributed by atoms with Crippen molar-refractivity contribution < 1.29 is 5.11 Å². The Kier molecular flexibility index (Phi) is 4.60. The van der Waals surface area contributed by atoms with Crippen molar-refractivity contribution in [1.29, 1.82) is 0 Å². The lowest BCUT2D eigenvalue weighted by molar-refractivity contribution is 0.224. The Bertz CT molecular complexity index is 503. The highest BCUT2D eigenvalue weighted by atomic mass is 79.9. The van der Waals surface area contributed by atoms with Gasteiger partial charge in [0.2, 0.25) is 0 Å². The Hall–Kier alpha value is -0.640. The third-order valence-corrected chi connectivity index (χ3v) is 4.97. The minimum absolute atomic E-state index is 0.521. The Morgan fingerprint density at radius 2 is 1.72 bits per heavy atom. The average molecular weight is 325 g/mol. The van der Waals surface area contributed by atoms with Gasteiger partial charge in [-0.25, -0.2) is 0 Å². The Morgan fingerprint density at radius 3 is 2.22 bits per heavy atom. The van der Waals surface area contributed by atoms with Gasteiger partial charge in [0.1, 0.15) is 6.10 Å². The van der Waals surface area contributed by atoms with Crippen LogP contribution in [0.2, 0.25) is 0 Å². The first-order valence-corrected chi connectivity index (χ1v) is 7.76. The summed E-state index contributed by atoms with van der Waals surface area (Å²) in [6.45, 7) is 4.42. The predicted octanol–water partition coefficient (Wildman–Crippen LogP) is 5.11. The first kappa shape index (κ1) is 13.8. The maximum atomic E-state index is 10.3. The van der Waals surface area contributed by atoms with Crippen molar-refractivity contribution in [3.05, 3.63) is 56.2 Å². The van der Waals surface area contributed by atoms with Gasteiger partial charge < -0.3 is 5.11 Å². The van der Waals surface area contributed by atoms with E-state index in [2.05, 4.69) is 41.9 Å². The van der Waals surface area contributed by atoms with E-state index < -0.39 is 6.10 Å². The Labute approximate surface area is 121 Å². The lowest BCUT2D eigenvalue weighted by Gasteiger charge is -2.12. The molecule has 0 saturated heterocycles. The lowest BCUT2D eigenvalue weighted by atomic mass is 9.96. The van der Waals surface area contributed by atoms with E-state index in [0.717, 1.165) is 20.6 Å². The van der Waals surface area contributed by atoms with Crippen LogP contribution in [0.1, 0.15) is 48.3 Å². The molecule has 2 aromatic rings. The van der Waals surface area contributed by atoms with Crippen LogP contribution in [0.5, 0.6) is 0 Å². The van der Waals surface area contributed by atoms with Gasteiger partial charge in [0, 0.05) is 4.88 Å². The molecular formula is C15H17BrOS. The minimum Gasteiger partial charge on any atom is -0.383 e. The Balaban J connectivity index is 2.19. The molecule has 0 amide bonds. The van der Waals surface area contributed by atoms with Crippen molar-refractivity contribution in [1.82, 2.24) is 0 Å². The van der Waals surface area contributed by atoms with E-state index >= 15 is 0 Å². The van der Waals surface area contributed by atoms with Gasteiger partial charge in [0.25, 0.3) is 0 Å². The van der Waals surface area contributed by atoms with Crippen LogP contribution in [0.4, 0.5) is 0 Å². The summed E-state index contributed by atoms with van der Waals surface area (Å²) in [7, 11) is 0. The predicted molar refractivity (Wildman–Crippen MR) is 81.2 cm³/mol. The zero-order chi connectivity index (χ0) is 13.1. The average Bonchev–Trinajstić information content (AvgIpc) is 2.84. The monoisotopic (exact) mass is 324 g/mol. The number of halogens is 1. The highest BCUT2D eigenvalue weighted by Gasteiger charge is 2.13. The summed E-state index contributed by atoms with van der Waals surface area (Å²) in [5.41, 5.74) is 2.29. The van der Waals surface area contributed by atoms with Gasteiger partial charge in [-0.15, -0.1) is 11.3 Å². The van der Waals surface area contributed by atoms with Gasteiger partial charge in [-0.1, -0.05) is 38.1 Å². The van der Waals surface area contributed by atoms with E-state index in [1.165, 1.54) is 5.56 Å². The maximum Gasteiger partial charge on any atom is 0.113 e. The van der Waals surface area contributed by atoms with Gasteiger partial charge in [-0.05, 0) is 51.5 Å². The fourth-order valence-corrected chi connectivity index (χ4v) is 3.32. The molecule has 0 aliphatic heterocycles. The zero-order valence-electron chi connectivity index (χ0n) is 10.6. The van der Waals surface area contributed by atoms with Crippen molar-refractivity contribution in [2.24, 2.45) is 0 Å². The molecule has 0 aliphatic rings. The minimum atomic E-state index is -0.521. The van der Waals surface area contributed by atoms with Gasteiger partial charge in [0.15, 0.2) is 0 Å². The molecule has 0 fully saturated rings. The van der Waals surface area contributed by atoms with E-state index in [9.17, 15) is 5.11 Å². The molecule has 1 nitrogen and oxygen atoms in total. The summed E-state index contributed by atoms with van der Waals surface area (Å²) in [4.78, 5) is 0.971. The molecule has 2 rings (SSSR count). The molecule has 0 aliphatic carbocycles. The van der Waals surface area contributed by atoms with Gasteiger partial charge >= 0.3 is 0 Å². The smallest absolute Gasteiger partial charge is 0.113 e. The number of hydrogen-bond acceptors (Lipinski definition) is 2. The van der Waals surface area contributed by atoms with Crippen LogP contribution in [-0.4, -0.2) is 5.11 Å². The van der Waals surface area contributed by atoms with Gasteiger partial charge in [-0.2, -0.15) is 0 Å². The number of hydrogen-bond donors (Lipinski definition) is 1. The van der Waals surface area contributed by atoms with Crippen LogP contribution in [0.15, 0.2) is 40.2 Å². The van der Waals surface area contributed by atoms with Crippen LogP contribution in [0.3, 0.4) is 0 Å². The molecule has 0 spiro atoms. The Morgan fingerprint density at radius 1 is 1.11 bits per heavy atom. The lowest BCUT2D eigenvalue weighted by Crippen LogP contribution is -1.98. The van der Waals surface area contributed by atoms with Crippen molar-refractivity contribution in [2.45, 2.75) is 32.3 Å². The van der Waals surface area contributed by atoms with Crippen molar-refractivity contribution in [3.63, 3.8) is 0 Å². The SMILES string of the molecule is CCC(C)c1ccc(C(O)c2ccc(Br)s2)cc1. The number of aliphatic hydroxyl groups is 1. The number of aliphatic hydroxyl groups excluding tert-OH is 1. The van der Waals surface area contributed by atoms with E-state index in [4.69, 9.17) is 0 Å². The van der Waals surface area contributed by atoms with Crippen LogP contribution in [0.25, 0.3) is 0 Å². The molecule has 1 aromatic carbocycles. The highest BCUT2D eigenvalue weighted by molar-refractivity contribution is 9.11. The third kappa shape index (κ3) is 3.02. The number of rotatable bonds is 4. The van der Waals surface area contributed by atoms with E-state index in [0.29, 0.717) is 5.92 Å². The zero-order valence-corrected chi connectivity index (χ0v) is 13.0.